The highest BCUT2D eigenvalue weighted by molar-refractivity contribution is 5.82. The Bertz CT molecular complexity index is 272. The average molecular weight is 224 g/mol. The summed E-state index contributed by atoms with van der Waals surface area (Å²) >= 11 is 0. The number of rotatable bonds is 4. The van der Waals surface area contributed by atoms with Crippen LogP contribution in [0, 0.1) is 11.3 Å². The molecule has 0 bridgehead atoms. The summed E-state index contributed by atoms with van der Waals surface area (Å²) in [6, 6.07) is 1.75. The minimum Gasteiger partial charge on any atom is -0.340 e. The van der Waals surface area contributed by atoms with Gasteiger partial charge in [0.25, 0.3) is 0 Å². The van der Waals surface area contributed by atoms with E-state index in [1.54, 1.807) is 0 Å². The summed E-state index contributed by atoms with van der Waals surface area (Å²) in [7, 11) is 3.99. The van der Waals surface area contributed by atoms with Crippen LogP contribution in [0.5, 0.6) is 0 Å². The van der Waals surface area contributed by atoms with Gasteiger partial charge in [-0.25, -0.2) is 0 Å². The summed E-state index contributed by atoms with van der Waals surface area (Å²) in [5, 5.41) is 11.8. The number of hydrogen-bond donors (Lipinski definition) is 1. The fourth-order valence-electron chi connectivity index (χ4n) is 1.76. The Morgan fingerprint density at radius 3 is 3.00 bits per heavy atom. The van der Waals surface area contributed by atoms with Crippen molar-refractivity contribution in [1.82, 2.24) is 15.1 Å². The zero-order chi connectivity index (χ0) is 12.0. The number of amides is 1. The van der Waals surface area contributed by atoms with Gasteiger partial charge in [0.2, 0.25) is 5.91 Å². The predicted molar refractivity (Wildman–Crippen MR) is 61.8 cm³/mol. The van der Waals surface area contributed by atoms with Crippen molar-refractivity contribution in [2.45, 2.75) is 18.9 Å². The average Bonchev–Trinajstić information content (AvgIpc) is 2.40. The van der Waals surface area contributed by atoms with Crippen LogP contribution in [-0.4, -0.2) is 62.0 Å². The number of nitrogens with one attached hydrogen (secondary N) is 1. The molecule has 1 rings (SSSR count). The second-order valence-electron chi connectivity index (χ2n) is 4.35. The van der Waals surface area contributed by atoms with Gasteiger partial charge in [0.05, 0.1) is 18.5 Å². The highest BCUT2D eigenvalue weighted by atomic mass is 16.2. The normalized spacial score (nSPS) is 22.0. The van der Waals surface area contributed by atoms with Gasteiger partial charge < -0.3 is 15.1 Å². The van der Waals surface area contributed by atoms with Gasteiger partial charge in [-0.05, 0) is 27.1 Å². The van der Waals surface area contributed by atoms with Gasteiger partial charge in [0.15, 0.2) is 0 Å². The molecule has 5 nitrogen and oxygen atoms in total. The molecule has 16 heavy (non-hydrogen) atoms. The van der Waals surface area contributed by atoms with Crippen LogP contribution in [-0.2, 0) is 4.79 Å². The molecule has 1 fully saturated rings. The molecule has 0 aromatic rings. The van der Waals surface area contributed by atoms with Gasteiger partial charge in [-0.3, -0.25) is 4.79 Å². The van der Waals surface area contributed by atoms with Crippen LogP contribution in [0.1, 0.15) is 12.8 Å². The summed E-state index contributed by atoms with van der Waals surface area (Å²) in [4.78, 5) is 16.0. The quantitative estimate of drug-likeness (QED) is 0.709. The second-order valence-corrected chi connectivity index (χ2v) is 4.35. The number of nitriles is 1. The van der Waals surface area contributed by atoms with E-state index in [4.69, 9.17) is 5.26 Å². The molecule has 5 heteroatoms. The summed E-state index contributed by atoms with van der Waals surface area (Å²) in [6.07, 6.45) is 1.22. The Balaban J connectivity index is 2.54. The number of likely N-dealkylation sites (N-methyl/N-ethyl adjacent to an activating group) is 1. The molecular weight excluding hydrogens is 204 g/mol. The Morgan fingerprint density at radius 1 is 1.62 bits per heavy atom. The van der Waals surface area contributed by atoms with Crippen molar-refractivity contribution in [2.75, 3.05) is 40.3 Å². The molecule has 1 aliphatic heterocycles. The maximum atomic E-state index is 12.0. The molecule has 0 radical (unpaired) electrons. The molecule has 0 saturated carbocycles. The van der Waals surface area contributed by atoms with Crippen LogP contribution in [0.25, 0.3) is 0 Å². The number of carbonyl (C=O) groups excluding carboxylic acids is 1. The zero-order valence-corrected chi connectivity index (χ0v) is 10.1. The molecule has 1 amide bonds. The molecule has 1 heterocycles. The lowest BCUT2D eigenvalue weighted by molar-refractivity contribution is -0.132. The lowest BCUT2D eigenvalue weighted by Gasteiger charge is -2.24. The molecule has 1 N–H and O–H groups in total. The first-order chi connectivity index (χ1) is 7.65. The first-order valence-corrected chi connectivity index (χ1v) is 5.69. The van der Waals surface area contributed by atoms with Gasteiger partial charge in [-0.1, -0.05) is 0 Å². The third-order valence-corrected chi connectivity index (χ3v) is 2.72. The molecule has 1 unspecified atom stereocenters. The van der Waals surface area contributed by atoms with E-state index in [1.165, 1.54) is 0 Å². The van der Waals surface area contributed by atoms with Gasteiger partial charge >= 0.3 is 0 Å². The molecule has 0 aromatic heterocycles. The lowest BCUT2D eigenvalue weighted by atomic mass is 10.2. The summed E-state index contributed by atoms with van der Waals surface area (Å²) in [5.41, 5.74) is 0. The molecule has 0 aromatic carbocycles. The first kappa shape index (κ1) is 12.9. The van der Waals surface area contributed by atoms with Gasteiger partial charge in [-0.2, -0.15) is 5.26 Å². The Kier molecular flexibility index (Phi) is 5.23. The molecular formula is C11H20N4O. The Hall–Kier alpha value is -1.12. The fourth-order valence-corrected chi connectivity index (χ4v) is 1.76. The van der Waals surface area contributed by atoms with E-state index in [-0.39, 0.29) is 18.4 Å². The molecule has 0 spiro atoms. The molecule has 1 aliphatic rings. The summed E-state index contributed by atoms with van der Waals surface area (Å²) < 4.78 is 0. The van der Waals surface area contributed by atoms with Gasteiger partial charge in [-0.15, -0.1) is 0 Å². The smallest absolute Gasteiger partial charge is 0.240 e. The first-order valence-electron chi connectivity index (χ1n) is 5.69. The highest BCUT2D eigenvalue weighted by Gasteiger charge is 2.25. The summed E-state index contributed by atoms with van der Waals surface area (Å²) in [5.74, 6) is 0.0703. The lowest BCUT2D eigenvalue weighted by Crippen LogP contribution is -2.45. The zero-order valence-electron chi connectivity index (χ0n) is 10.1. The molecule has 90 valence electrons. The van der Waals surface area contributed by atoms with Crippen molar-refractivity contribution in [3.05, 3.63) is 0 Å². The number of carbonyl (C=O) groups is 1. The Labute approximate surface area is 97.0 Å². The van der Waals surface area contributed by atoms with Crippen molar-refractivity contribution in [2.24, 2.45) is 0 Å². The van der Waals surface area contributed by atoms with Crippen molar-refractivity contribution >= 4 is 5.91 Å². The third-order valence-electron chi connectivity index (χ3n) is 2.72. The third kappa shape index (κ3) is 3.80. The van der Waals surface area contributed by atoms with E-state index in [0.717, 1.165) is 32.6 Å². The van der Waals surface area contributed by atoms with E-state index in [1.807, 2.05) is 19.0 Å². The van der Waals surface area contributed by atoms with Crippen molar-refractivity contribution in [3.8, 4) is 6.07 Å². The van der Waals surface area contributed by atoms with Crippen LogP contribution in [0.2, 0.25) is 0 Å². The van der Waals surface area contributed by atoms with E-state index in [0.29, 0.717) is 0 Å². The van der Waals surface area contributed by atoms with E-state index in [2.05, 4.69) is 16.3 Å². The van der Waals surface area contributed by atoms with E-state index in [9.17, 15) is 4.79 Å². The highest BCUT2D eigenvalue weighted by Crippen LogP contribution is 2.05. The molecule has 0 aliphatic carbocycles. The van der Waals surface area contributed by atoms with Crippen molar-refractivity contribution in [1.29, 1.82) is 5.26 Å². The van der Waals surface area contributed by atoms with Crippen LogP contribution < -0.4 is 5.32 Å². The minimum absolute atomic E-state index is 0.0703. The largest absolute Gasteiger partial charge is 0.340 e. The van der Waals surface area contributed by atoms with Gasteiger partial charge in [0, 0.05) is 19.6 Å². The number of hydrogen-bond acceptors (Lipinski definition) is 4. The molecule has 1 saturated heterocycles. The van der Waals surface area contributed by atoms with Crippen LogP contribution in [0.4, 0.5) is 0 Å². The number of nitrogens with zero attached hydrogens (tertiary/aromatic N) is 3. The van der Waals surface area contributed by atoms with Crippen LogP contribution >= 0.6 is 0 Å². The van der Waals surface area contributed by atoms with Crippen LogP contribution in [0.15, 0.2) is 0 Å². The Morgan fingerprint density at radius 2 is 2.38 bits per heavy atom. The van der Waals surface area contributed by atoms with E-state index >= 15 is 0 Å². The maximum Gasteiger partial charge on any atom is 0.240 e. The predicted octanol–water partition coefficient (Wildman–Crippen LogP) is -0.348. The topological polar surface area (TPSA) is 59.4 Å². The maximum absolute atomic E-state index is 12.0. The molecule has 1 atom stereocenters. The second kappa shape index (κ2) is 6.46. The van der Waals surface area contributed by atoms with E-state index < -0.39 is 0 Å². The monoisotopic (exact) mass is 224 g/mol. The fraction of sp³-hybridized carbons (Fsp3) is 0.818. The van der Waals surface area contributed by atoms with Gasteiger partial charge in [0.1, 0.15) is 0 Å². The van der Waals surface area contributed by atoms with Crippen molar-refractivity contribution in [3.63, 3.8) is 0 Å². The van der Waals surface area contributed by atoms with Crippen molar-refractivity contribution < 1.29 is 4.79 Å². The van der Waals surface area contributed by atoms with Crippen LogP contribution in [0.3, 0.4) is 0 Å². The SMILES string of the molecule is CN(C)CCN1CCCNC(CC#N)C1=O. The summed E-state index contributed by atoms with van der Waals surface area (Å²) in [6.45, 7) is 3.22. The minimum atomic E-state index is -0.310. The standard InChI is InChI=1S/C11H20N4O/c1-14(2)8-9-15-7-3-6-13-10(4-5-12)11(15)16/h10,13H,3-4,6-9H2,1-2H3.